The third kappa shape index (κ3) is 3.51. The summed E-state index contributed by atoms with van der Waals surface area (Å²) in [7, 11) is 1.98. The van der Waals surface area contributed by atoms with Crippen LogP contribution in [0.2, 0.25) is 0 Å². The second-order valence-electron chi connectivity index (χ2n) is 4.93. The van der Waals surface area contributed by atoms with Crippen molar-refractivity contribution in [1.29, 1.82) is 0 Å². The molecular weight excluding hydrogens is 214 g/mol. The molecule has 0 radical (unpaired) electrons. The molecule has 17 heavy (non-hydrogen) atoms. The fourth-order valence-electron chi connectivity index (χ4n) is 2.35. The van der Waals surface area contributed by atoms with Crippen LogP contribution in [0.15, 0.2) is 6.33 Å². The first-order valence-electron chi connectivity index (χ1n) is 6.55. The summed E-state index contributed by atoms with van der Waals surface area (Å²) in [5.41, 5.74) is 0. The lowest BCUT2D eigenvalue weighted by molar-refractivity contribution is 0.170. The zero-order valence-corrected chi connectivity index (χ0v) is 10.9. The fraction of sp³-hybridized carbons (Fsp3) is 0.833. The average Bonchev–Trinajstić information content (AvgIpc) is 2.76. The minimum absolute atomic E-state index is 0.614. The smallest absolute Gasteiger partial charge is 0.146 e. The summed E-state index contributed by atoms with van der Waals surface area (Å²) >= 11 is 0. The van der Waals surface area contributed by atoms with E-state index in [0.29, 0.717) is 6.04 Å². The van der Waals surface area contributed by atoms with Crippen LogP contribution in [-0.2, 0) is 13.6 Å². The Kier molecular flexibility index (Phi) is 4.50. The fourth-order valence-corrected chi connectivity index (χ4v) is 2.35. The van der Waals surface area contributed by atoms with E-state index < -0.39 is 0 Å². The lowest BCUT2D eigenvalue weighted by atomic mass is 10.1. The topological polar surface area (TPSA) is 46.0 Å². The number of piperidine rings is 1. The monoisotopic (exact) mass is 237 g/mol. The quantitative estimate of drug-likeness (QED) is 0.822. The summed E-state index contributed by atoms with van der Waals surface area (Å²) in [4.78, 5) is 2.58. The van der Waals surface area contributed by atoms with Crippen molar-refractivity contribution in [3.05, 3.63) is 12.2 Å². The van der Waals surface area contributed by atoms with Crippen LogP contribution in [0.5, 0.6) is 0 Å². The lowest BCUT2D eigenvalue weighted by Crippen LogP contribution is -2.43. The molecule has 0 bridgehead atoms. The van der Waals surface area contributed by atoms with Crippen LogP contribution in [0.4, 0.5) is 0 Å². The van der Waals surface area contributed by atoms with Gasteiger partial charge in [0.2, 0.25) is 0 Å². The van der Waals surface area contributed by atoms with Gasteiger partial charge in [0, 0.05) is 19.6 Å². The van der Waals surface area contributed by atoms with Crippen molar-refractivity contribution in [1.82, 2.24) is 25.0 Å². The highest BCUT2D eigenvalue weighted by molar-refractivity contribution is 4.84. The van der Waals surface area contributed by atoms with Crippen LogP contribution >= 0.6 is 0 Å². The average molecular weight is 237 g/mol. The molecule has 0 spiro atoms. The van der Waals surface area contributed by atoms with Crippen molar-refractivity contribution in [3.8, 4) is 0 Å². The van der Waals surface area contributed by atoms with Gasteiger partial charge >= 0.3 is 0 Å². The van der Waals surface area contributed by atoms with Crippen molar-refractivity contribution >= 4 is 0 Å². The molecule has 0 amide bonds. The molecule has 1 N–H and O–H groups in total. The maximum Gasteiger partial charge on any atom is 0.146 e. The third-order valence-electron chi connectivity index (χ3n) is 3.54. The number of rotatable bonds is 5. The Hall–Kier alpha value is -0.940. The maximum atomic E-state index is 4.06. The summed E-state index contributed by atoms with van der Waals surface area (Å²) in [6, 6.07) is 0.614. The molecule has 1 aromatic heterocycles. The molecule has 0 aliphatic carbocycles. The predicted octanol–water partition coefficient (Wildman–Crippen LogP) is 0.779. The van der Waals surface area contributed by atoms with Gasteiger partial charge in [0.05, 0.1) is 6.54 Å². The van der Waals surface area contributed by atoms with Crippen molar-refractivity contribution < 1.29 is 0 Å². The highest BCUT2D eigenvalue weighted by Gasteiger charge is 2.16. The van der Waals surface area contributed by atoms with Gasteiger partial charge in [0.1, 0.15) is 12.2 Å². The van der Waals surface area contributed by atoms with E-state index >= 15 is 0 Å². The van der Waals surface area contributed by atoms with Crippen molar-refractivity contribution in [3.63, 3.8) is 0 Å². The van der Waals surface area contributed by atoms with Crippen LogP contribution in [0.25, 0.3) is 0 Å². The normalized spacial score (nSPS) is 19.4. The molecule has 0 saturated carbocycles. The molecule has 1 unspecified atom stereocenters. The molecule has 1 aliphatic heterocycles. The molecule has 1 saturated heterocycles. The van der Waals surface area contributed by atoms with Gasteiger partial charge in [-0.05, 0) is 32.9 Å². The molecule has 1 aliphatic rings. The number of aromatic nitrogens is 3. The molecule has 1 aromatic rings. The van der Waals surface area contributed by atoms with E-state index in [1.807, 2.05) is 11.6 Å². The highest BCUT2D eigenvalue weighted by Crippen LogP contribution is 2.11. The van der Waals surface area contributed by atoms with E-state index in [1.54, 1.807) is 6.33 Å². The zero-order valence-electron chi connectivity index (χ0n) is 10.9. The Balaban J connectivity index is 1.69. The van der Waals surface area contributed by atoms with Gasteiger partial charge in [-0.3, -0.25) is 4.90 Å². The summed E-state index contributed by atoms with van der Waals surface area (Å²) in [6.07, 6.45) is 5.85. The zero-order chi connectivity index (χ0) is 12.1. The molecule has 2 heterocycles. The molecule has 1 fully saturated rings. The first kappa shape index (κ1) is 12.5. The lowest BCUT2D eigenvalue weighted by Gasteiger charge is -2.32. The SMILES string of the molecule is CC(CNCc1nncn1C)N1CCCCC1. The van der Waals surface area contributed by atoms with Crippen LogP contribution in [0.3, 0.4) is 0 Å². The van der Waals surface area contributed by atoms with Gasteiger partial charge < -0.3 is 9.88 Å². The van der Waals surface area contributed by atoms with Crippen molar-refractivity contribution in [2.24, 2.45) is 7.05 Å². The standard InChI is InChI=1S/C12H23N5/c1-11(17-6-4-3-5-7-17)8-13-9-12-15-14-10-16(12)2/h10-11,13H,3-9H2,1-2H3. The first-order valence-corrected chi connectivity index (χ1v) is 6.55. The number of aryl methyl sites for hydroxylation is 1. The third-order valence-corrected chi connectivity index (χ3v) is 3.54. The molecule has 96 valence electrons. The van der Waals surface area contributed by atoms with E-state index in [2.05, 4.69) is 27.3 Å². The maximum absolute atomic E-state index is 4.06. The summed E-state index contributed by atoms with van der Waals surface area (Å²) in [5.74, 6) is 0.996. The Morgan fingerprint density at radius 1 is 1.35 bits per heavy atom. The van der Waals surface area contributed by atoms with Crippen molar-refractivity contribution in [2.75, 3.05) is 19.6 Å². The van der Waals surface area contributed by atoms with E-state index in [4.69, 9.17) is 0 Å². The van der Waals surface area contributed by atoms with Gasteiger partial charge in [0.25, 0.3) is 0 Å². The van der Waals surface area contributed by atoms with E-state index in [9.17, 15) is 0 Å². The number of nitrogens with one attached hydrogen (secondary N) is 1. The predicted molar refractivity (Wildman–Crippen MR) is 67.6 cm³/mol. The Bertz CT molecular complexity index is 329. The second-order valence-corrected chi connectivity index (χ2v) is 4.93. The molecule has 0 aromatic carbocycles. The molecule has 1 atom stereocenters. The molecule has 2 rings (SSSR count). The minimum Gasteiger partial charge on any atom is -0.320 e. The highest BCUT2D eigenvalue weighted by atomic mass is 15.3. The Morgan fingerprint density at radius 3 is 2.76 bits per heavy atom. The second kappa shape index (κ2) is 6.12. The van der Waals surface area contributed by atoms with Gasteiger partial charge in [-0.1, -0.05) is 6.42 Å². The molecule has 5 nitrogen and oxygen atoms in total. The van der Waals surface area contributed by atoms with E-state index in [-0.39, 0.29) is 0 Å². The first-order chi connectivity index (χ1) is 8.27. The van der Waals surface area contributed by atoms with Gasteiger partial charge in [-0.25, -0.2) is 0 Å². The summed E-state index contributed by atoms with van der Waals surface area (Å²) < 4.78 is 1.96. The van der Waals surface area contributed by atoms with E-state index in [0.717, 1.165) is 18.9 Å². The van der Waals surface area contributed by atoms with Crippen LogP contribution in [0, 0.1) is 0 Å². The molecule has 5 heteroatoms. The van der Waals surface area contributed by atoms with Crippen molar-refractivity contribution in [2.45, 2.75) is 38.8 Å². The number of hydrogen-bond donors (Lipinski definition) is 1. The number of hydrogen-bond acceptors (Lipinski definition) is 4. The Morgan fingerprint density at radius 2 is 2.12 bits per heavy atom. The van der Waals surface area contributed by atoms with Gasteiger partial charge in [0.15, 0.2) is 0 Å². The van der Waals surface area contributed by atoms with Crippen LogP contribution in [-0.4, -0.2) is 45.3 Å². The van der Waals surface area contributed by atoms with Crippen LogP contribution < -0.4 is 5.32 Å². The molecular formula is C12H23N5. The number of likely N-dealkylation sites (tertiary alicyclic amines) is 1. The summed E-state index contributed by atoms with van der Waals surface area (Å²) in [6.45, 7) is 6.64. The van der Waals surface area contributed by atoms with Gasteiger partial charge in [-0.15, -0.1) is 10.2 Å². The summed E-state index contributed by atoms with van der Waals surface area (Å²) in [5, 5.41) is 11.4. The Labute approximate surface area is 103 Å². The minimum atomic E-state index is 0.614. The van der Waals surface area contributed by atoms with Crippen LogP contribution in [0.1, 0.15) is 32.0 Å². The van der Waals surface area contributed by atoms with E-state index in [1.165, 1.54) is 32.4 Å². The number of nitrogens with zero attached hydrogens (tertiary/aromatic N) is 4. The van der Waals surface area contributed by atoms with Gasteiger partial charge in [-0.2, -0.15) is 0 Å². The largest absolute Gasteiger partial charge is 0.320 e.